The molecule has 2 nitrogen and oxygen atoms in total. The van der Waals surface area contributed by atoms with Crippen LogP contribution in [0.1, 0.15) is 29.9 Å². The molecule has 0 aromatic heterocycles. The number of fused-ring (bicyclic) bond motifs is 3. The fraction of sp³-hybridized carbons (Fsp3) is 0.500. The van der Waals surface area contributed by atoms with Gasteiger partial charge in [0.15, 0.2) is 0 Å². The first-order valence-corrected chi connectivity index (χ1v) is 5.44. The zero-order valence-corrected chi connectivity index (χ0v) is 8.24. The Morgan fingerprint density at radius 3 is 3.07 bits per heavy atom. The molecule has 1 aliphatic carbocycles. The van der Waals surface area contributed by atoms with Crippen LogP contribution in [0.4, 0.5) is 0 Å². The van der Waals surface area contributed by atoms with E-state index in [2.05, 4.69) is 29.6 Å². The molecule has 1 fully saturated rings. The maximum atomic E-state index is 5.94. The third-order valence-corrected chi connectivity index (χ3v) is 3.60. The second-order valence-corrected chi connectivity index (χ2v) is 4.46. The van der Waals surface area contributed by atoms with Gasteiger partial charge in [0.25, 0.3) is 0 Å². The molecule has 14 heavy (non-hydrogen) atoms. The van der Waals surface area contributed by atoms with Gasteiger partial charge < -0.3 is 5.73 Å². The summed E-state index contributed by atoms with van der Waals surface area (Å²) in [4.78, 5) is 0. The lowest BCUT2D eigenvalue weighted by Gasteiger charge is -2.27. The van der Waals surface area contributed by atoms with Gasteiger partial charge in [-0.2, -0.15) is 0 Å². The summed E-state index contributed by atoms with van der Waals surface area (Å²) in [6, 6.07) is 9.44. The topological polar surface area (TPSA) is 38.0 Å². The van der Waals surface area contributed by atoms with Crippen LogP contribution in [0.15, 0.2) is 24.3 Å². The highest BCUT2D eigenvalue weighted by molar-refractivity contribution is 5.35. The van der Waals surface area contributed by atoms with E-state index in [1.54, 1.807) is 0 Å². The summed E-state index contributed by atoms with van der Waals surface area (Å²) < 4.78 is 0. The molecule has 2 aliphatic rings. The van der Waals surface area contributed by atoms with E-state index in [1.807, 2.05) is 0 Å². The van der Waals surface area contributed by atoms with Gasteiger partial charge in [-0.15, -0.1) is 0 Å². The fourth-order valence-corrected chi connectivity index (χ4v) is 2.96. The van der Waals surface area contributed by atoms with E-state index in [9.17, 15) is 0 Å². The number of nitrogens with two attached hydrogens (primary N) is 1. The first-order valence-electron chi connectivity index (χ1n) is 5.44. The minimum absolute atomic E-state index is 0.205. The number of hydrogen-bond acceptors (Lipinski definition) is 2. The summed E-state index contributed by atoms with van der Waals surface area (Å²) in [6.45, 7) is 0. The highest BCUT2D eigenvalue weighted by Crippen LogP contribution is 2.37. The average Bonchev–Trinajstić information content (AvgIpc) is 2.59. The molecule has 1 aromatic carbocycles. The minimum atomic E-state index is 0.205. The van der Waals surface area contributed by atoms with Crippen LogP contribution in [0.25, 0.3) is 0 Å². The molecule has 3 N–H and O–H groups in total. The van der Waals surface area contributed by atoms with Crippen molar-refractivity contribution in [3.63, 3.8) is 0 Å². The Kier molecular flexibility index (Phi) is 1.85. The van der Waals surface area contributed by atoms with Gasteiger partial charge >= 0.3 is 0 Å². The van der Waals surface area contributed by atoms with E-state index in [0.29, 0.717) is 12.0 Å². The van der Waals surface area contributed by atoms with Gasteiger partial charge in [0.2, 0.25) is 0 Å². The van der Waals surface area contributed by atoms with Crippen LogP contribution < -0.4 is 11.1 Å². The smallest absolute Gasteiger partial charge is 0.0555 e. The van der Waals surface area contributed by atoms with Crippen LogP contribution in [0.5, 0.6) is 0 Å². The van der Waals surface area contributed by atoms with Gasteiger partial charge in [-0.05, 0) is 30.4 Å². The van der Waals surface area contributed by atoms with Crippen molar-refractivity contribution in [2.45, 2.75) is 37.4 Å². The monoisotopic (exact) mass is 188 g/mol. The molecule has 1 saturated heterocycles. The van der Waals surface area contributed by atoms with E-state index in [-0.39, 0.29) is 6.17 Å². The zero-order chi connectivity index (χ0) is 9.54. The Morgan fingerprint density at radius 1 is 1.29 bits per heavy atom. The fourth-order valence-electron chi connectivity index (χ4n) is 2.96. The molecule has 2 heteroatoms. The summed E-state index contributed by atoms with van der Waals surface area (Å²) in [5.41, 5.74) is 9.00. The van der Waals surface area contributed by atoms with Crippen LogP contribution in [-0.2, 0) is 6.42 Å². The molecule has 0 spiro atoms. The van der Waals surface area contributed by atoms with Crippen LogP contribution in [0, 0.1) is 0 Å². The van der Waals surface area contributed by atoms with Crippen LogP contribution >= 0.6 is 0 Å². The van der Waals surface area contributed by atoms with Crippen molar-refractivity contribution >= 4 is 0 Å². The predicted octanol–water partition coefficient (Wildman–Crippen LogP) is 1.36. The second-order valence-electron chi connectivity index (χ2n) is 4.46. The van der Waals surface area contributed by atoms with Gasteiger partial charge in [-0.1, -0.05) is 24.3 Å². The molecule has 3 rings (SSSR count). The van der Waals surface area contributed by atoms with Crippen molar-refractivity contribution in [2.75, 3.05) is 0 Å². The first-order chi connectivity index (χ1) is 6.84. The largest absolute Gasteiger partial charge is 0.316 e. The second kappa shape index (κ2) is 3.07. The van der Waals surface area contributed by atoms with E-state index < -0.39 is 0 Å². The SMILES string of the molecule is NC1C[C@H]2c3ccccc3CC[C@H]2N1. The van der Waals surface area contributed by atoms with E-state index in [4.69, 9.17) is 5.73 Å². The molecule has 0 saturated carbocycles. The predicted molar refractivity (Wildman–Crippen MR) is 57.0 cm³/mol. The Labute approximate surface area is 84.5 Å². The lowest BCUT2D eigenvalue weighted by atomic mass is 9.80. The first kappa shape index (κ1) is 8.45. The summed E-state index contributed by atoms with van der Waals surface area (Å²) in [7, 11) is 0. The number of nitrogens with one attached hydrogen (secondary N) is 1. The molecule has 1 heterocycles. The maximum Gasteiger partial charge on any atom is 0.0555 e. The molecule has 74 valence electrons. The summed E-state index contributed by atoms with van der Waals surface area (Å²) >= 11 is 0. The number of benzene rings is 1. The van der Waals surface area contributed by atoms with Crippen molar-refractivity contribution in [1.29, 1.82) is 0 Å². The highest BCUT2D eigenvalue weighted by Gasteiger charge is 2.36. The molecule has 3 atom stereocenters. The Bertz CT molecular complexity index is 348. The molecular formula is C12H16N2. The van der Waals surface area contributed by atoms with Gasteiger partial charge in [-0.3, -0.25) is 5.32 Å². The molecule has 1 aromatic rings. The standard InChI is InChI=1S/C12H16N2/c13-12-7-10-9-4-2-1-3-8(9)5-6-11(10)14-12/h1-4,10-12,14H,5-7,13H2/t10-,11+,12?/m0/s1. The highest BCUT2D eigenvalue weighted by atomic mass is 15.1. The third-order valence-electron chi connectivity index (χ3n) is 3.60. The van der Waals surface area contributed by atoms with E-state index in [1.165, 1.54) is 24.0 Å². The van der Waals surface area contributed by atoms with Crippen molar-refractivity contribution in [3.8, 4) is 0 Å². The quantitative estimate of drug-likeness (QED) is 0.645. The van der Waals surface area contributed by atoms with Gasteiger partial charge in [0.05, 0.1) is 6.17 Å². The van der Waals surface area contributed by atoms with Crippen molar-refractivity contribution < 1.29 is 0 Å². The zero-order valence-electron chi connectivity index (χ0n) is 8.24. The lowest BCUT2D eigenvalue weighted by Crippen LogP contribution is -2.37. The molecule has 0 bridgehead atoms. The Hall–Kier alpha value is -0.860. The normalized spacial score (nSPS) is 35.1. The van der Waals surface area contributed by atoms with Crippen LogP contribution in [0.3, 0.4) is 0 Å². The van der Waals surface area contributed by atoms with E-state index >= 15 is 0 Å². The number of hydrogen-bond donors (Lipinski definition) is 2. The Morgan fingerprint density at radius 2 is 2.14 bits per heavy atom. The molecule has 1 unspecified atom stereocenters. The van der Waals surface area contributed by atoms with Crippen LogP contribution in [-0.4, -0.2) is 12.2 Å². The third kappa shape index (κ3) is 1.18. The molecule has 1 aliphatic heterocycles. The molecule has 0 radical (unpaired) electrons. The van der Waals surface area contributed by atoms with Gasteiger partial charge in [-0.25, -0.2) is 0 Å². The van der Waals surface area contributed by atoms with Gasteiger partial charge in [0.1, 0.15) is 0 Å². The van der Waals surface area contributed by atoms with E-state index in [0.717, 1.165) is 6.42 Å². The summed E-state index contributed by atoms with van der Waals surface area (Å²) in [5, 5.41) is 3.47. The minimum Gasteiger partial charge on any atom is -0.316 e. The summed E-state index contributed by atoms with van der Waals surface area (Å²) in [5.74, 6) is 0.662. The lowest BCUT2D eigenvalue weighted by molar-refractivity contribution is 0.471. The number of aryl methyl sites for hydroxylation is 1. The van der Waals surface area contributed by atoms with Crippen molar-refractivity contribution in [1.82, 2.24) is 5.32 Å². The van der Waals surface area contributed by atoms with Crippen LogP contribution in [0.2, 0.25) is 0 Å². The van der Waals surface area contributed by atoms with Crippen molar-refractivity contribution in [3.05, 3.63) is 35.4 Å². The number of rotatable bonds is 0. The summed E-state index contributed by atoms with van der Waals surface area (Å²) in [6.07, 6.45) is 3.75. The van der Waals surface area contributed by atoms with Gasteiger partial charge in [0, 0.05) is 12.0 Å². The Balaban J connectivity index is 2.01. The molecular weight excluding hydrogens is 172 g/mol. The molecule has 0 amide bonds. The van der Waals surface area contributed by atoms with Crippen molar-refractivity contribution in [2.24, 2.45) is 5.73 Å². The average molecular weight is 188 g/mol. The maximum absolute atomic E-state index is 5.94.